The van der Waals surface area contributed by atoms with Gasteiger partial charge in [0.1, 0.15) is 0 Å². The Morgan fingerprint density at radius 2 is 1.29 bits per heavy atom. The molecule has 0 radical (unpaired) electrons. The van der Waals surface area contributed by atoms with E-state index in [0.717, 1.165) is 12.8 Å². The average molecular weight is 391 g/mol. The van der Waals surface area contributed by atoms with Crippen molar-refractivity contribution in [2.75, 3.05) is 19.6 Å². The van der Waals surface area contributed by atoms with Crippen molar-refractivity contribution in [1.82, 2.24) is 10.2 Å². The number of hydrogen-bond acceptors (Lipinski definition) is 4. The number of nitrogens with zero attached hydrogens (tertiary/aromatic N) is 3. The second-order valence-corrected chi connectivity index (χ2v) is 7.23. The standard InChI is InChI=1S/C22H38N4O2/c1-2-3-4-5-6-7-8-9-10-11-18-25-21(27)14-15-22(28)26(19-12-16-23)20-13-17-24/h2-15,18-20H2,1H3,(H,25,27). The lowest BCUT2D eigenvalue weighted by molar-refractivity contribution is -0.133. The fourth-order valence-electron chi connectivity index (χ4n) is 3.04. The summed E-state index contributed by atoms with van der Waals surface area (Å²) in [5.74, 6) is -0.274. The molecule has 0 spiro atoms. The van der Waals surface area contributed by atoms with E-state index in [1.807, 2.05) is 12.1 Å². The molecule has 158 valence electrons. The van der Waals surface area contributed by atoms with Gasteiger partial charge in [-0.15, -0.1) is 0 Å². The van der Waals surface area contributed by atoms with E-state index in [1.165, 1.54) is 56.3 Å². The number of amides is 2. The number of nitrogens with one attached hydrogen (secondary N) is 1. The maximum atomic E-state index is 12.1. The molecule has 0 rings (SSSR count). The fraction of sp³-hybridized carbons (Fsp3) is 0.818. The van der Waals surface area contributed by atoms with Crippen molar-refractivity contribution in [2.24, 2.45) is 0 Å². The molecule has 0 saturated heterocycles. The van der Waals surface area contributed by atoms with Crippen molar-refractivity contribution in [2.45, 2.75) is 96.8 Å². The number of rotatable bonds is 18. The molecule has 0 saturated carbocycles. The van der Waals surface area contributed by atoms with Gasteiger partial charge in [-0.1, -0.05) is 64.7 Å². The van der Waals surface area contributed by atoms with E-state index in [1.54, 1.807) is 0 Å². The van der Waals surface area contributed by atoms with E-state index < -0.39 is 0 Å². The largest absolute Gasteiger partial charge is 0.356 e. The molecule has 1 N–H and O–H groups in total. The zero-order valence-electron chi connectivity index (χ0n) is 17.7. The maximum absolute atomic E-state index is 12.1. The van der Waals surface area contributed by atoms with E-state index in [4.69, 9.17) is 10.5 Å². The predicted octanol–water partition coefficient (Wildman–Crippen LogP) is 4.46. The molecule has 6 heteroatoms. The van der Waals surface area contributed by atoms with Crippen LogP contribution in [0.5, 0.6) is 0 Å². The smallest absolute Gasteiger partial charge is 0.223 e. The summed E-state index contributed by atoms with van der Waals surface area (Å²) in [6.07, 6.45) is 13.4. The first-order valence-corrected chi connectivity index (χ1v) is 10.9. The van der Waals surface area contributed by atoms with Gasteiger partial charge < -0.3 is 10.2 Å². The molecule has 0 aliphatic rings. The summed E-state index contributed by atoms with van der Waals surface area (Å²) in [4.78, 5) is 25.5. The van der Waals surface area contributed by atoms with Crippen LogP contribution in [-0.4, -0.2) is 36.3 Å². The Bertz CT molecular complexity index is 476. The van der Waals surface area contributed by atoms with Crippen molar-refractivity contribution in [3.05, 3.63) is 0 Å². The van der Waals surface area contributed by atoms with Gasteiger partial charge in [-0.05, 0) is 6.42 Å². The van der Waals surface area contributed by atoms with Crippen LogP contribution in [-0.2, 0) is 9.59 Å². The highest BCUT2D eigenvalue weighted by Crippen LogP contribution is 2.10. The average Bonchev–Trinajstić information content (AvgIpc) is 2.70. The summed E-state index contributed by atoms with van der Waals surface area (Å²) in [7, 11) is 0. The van der Waals surface area contributed by atoms with Gasteiger partial charge in [-0.3, -0.25) is 9.59 Å². The maximum Gasteiger partial charge on any atom is 0.223 e. The Kier molecular flexibility index (Phi) is 18.2. The number of carbonyl (C=O) groups excluding carboxylic acids is 2. The third-order valence-electron chi connectivity index (χ3n) is 4.76. The fourth-order valence-corrected chi connectivity index (χ4v) is 3.04. The number of carbonyl (C=O) groups is 2. The summed E-state index contributed by atoms with van der Waals surface area (Å²) in [5, 5.41) is 20.2. The second kappa shape index (κ2) is 19.7. The SMILES string of the molecule is CCCCCCCCCCCCNC(=O)CCC(=O)N(CCC#N)CCC#N. The normalized spacial score (nSPS) is 10.1. The minimum absolute atomic E-state index is 0.107. The van der Waals surface area contributed by atoms with Crippen LogP contribution in [0.25, 0.3) is 0 Å². The van der Waals surface area contributed by atoms with Crippen LogP contribution < -0.4 is 5.32 Å². The van der Waals surface area contributed by atoms with E-state index >= 15 is 0 Å². The summed E-state index contributed by atoms with van der Waals surface area (Å²) < 4.78 is 0. The highest BCUT2D eigenvalue weighted by atomic mass is 16.2. The lowest BCUT2D eigenvalue weighted by atomic mass is 10.1. The molecule has 2 amide bonds. The summed E-state index contributed by atoms with van der Waals surface area (Å²) >= 11 is 0. The molecule has 28 heavy (non-hydrogen) atoms. The molecule has 0 heterocycles. The summed E-state index contributed by atoms with van der Waals surface area (Å²) in [6, 6.07) is 4.00. The minimum atomic E-state index is -0.167. The Balaban J connectivity index is 3.68. The molecule has 0 aromatic rings. The number of nitriles is 2. The molecule has 6 nitrogen and oxygen atoms in total. The molecule has 0 atom stereocenters. The molecular formula is C22H38N4O2. The van der Waals surface area contributed by atoms with Crippen molar-refractivity contribution < 1.29 is 9.59 Å². The molecular weight excluding hydrogens is 352 g/mol. The Morgan fingerprint density at radius 3 is 1.79 bits per heavy atom. The van der Waals surface area contributed by atoms with Crippen LogP contribution in [0.2, 0.25) is 0 Å². The van der Waals surface area contributed by atoms with E-state index in [-0.39, 0.29) is 37.5 Å². The Morgan fingerprint density at radius 1 is 0.786 bits per heavy atom. The van der Waals surface area contributed by atoms with Gasteiger partial charge in [0.05, 0.1) is 25.0 Å². The molecule has 0 bridgehead atoms. The molecule has 0 aromatic heterocycles. The first-order chi connectivity index (χ1) is 13.7. The second-order valence-electron chi connectivity index (χ2n) is 7.23. The number of hydrogen-bond donors (Lipinski definition) is 1. The highest BCUT2D eigenvalue weighted by Gasteiger charge is 2.14. The topological polar surface area (TPSA) is 97.0 Å². The lowest BCUT2D eigenvalue weighted by Gasteiger charge is -2.20. The van der Waals surface area contributed by atoms with E-state index in [2.05, 4.69) is 12.2 Å². The van der Waals surface area contributed by atoms with Gasteiger partial charge in [-0.2, -0.15) is 10.5 Å². The van der Waals surface area contributed by atoms with Crippen LogP contribution in [0.3, 0.4) is 0 Å². The molecule has 0 fully saturated rings. The van der Waals surface area contributed by atoms with Crippen LogP contribution >= 0.6 is 0 Å². The van der Waals surface area contributed by atoms with Gasteiger partial charge >= 0.3 is 0 Å². The summed E-state index contributed by atoms with van der Waals surface area (Å²) in [5.41, 5.74) is 0. The van der Waals surface area contributed by atoms with E-state index in [9.17, 15) is 9.59 Å². The van der Waals surface area contributed by atoms with Gasteiger partial charge in [0.2, 0.25) is 11.8 Å². The molecule has 0 aromatic carbocycles. The number of unbranched alkanes of at least 4 members (excludes halogenated alkanes) is 9. The third kappa shape index (κ3) is 16.1. The van der Waals surface area contributed by atoms with Crippen LogP contribution in [0.15, 0.2) is 0 Å². The minimum Gasteiger partial charge on any atom is -0.356 e. The van der Waals surface area contributed by atoms with Gasteiger partial charge in [-0.25, -0.2) is 0 Å². The van der Waals surface area contributed by atoms with Crippen molar-refractivity contribution in [3.63, 3.8) is 0 Å². The molecule has 0 aliphatic heterocycles. The van der Waals surface area contributed by atoms with Gasteiger partial charge in [0.15, 0.2) is 0 Å². The lowest BCUT2D eigenvalue weighted by Crippen LogP contribution is -2.34. The zero-order valence-corrected chi connectivity index (χ0v) is 17.7. The zero-order chi connectivity index (χ0) is 20.9. The first-order valence-electron chi connectivity index (χ1n) is 10.9. The predicted molar refractivity (Wildman–Crippen MR) is 111 cm³/mol. The third-order valence-corrected chi connectivity index (χ3v) is 4.76. The Hall–Kier alpha value is -2.08. The quantitative estimate of drug-likeness (QED) is 0.349. The van der Waals surface area contributed by atoms with Crippen molar-refractivity contribution in [1.29, 1.82) is 10.5 Å². The Labute approximate surface area is 171 Å². The van der Waals surface area contributed by atoms with Gasteiger partial charge in [0.25, 0.3) is 0 Å². The van der Waals surface area contributed by atoms with Crippen molar-refractivity contribution in [3.8, 4) is 12.1 Å². The highest BCUT2D eigenvalue weighted by molar-refractivity contribution is 5.83. The van der Waals surface area contributed by atoms with Crippen LogP contribution in [0.1, 0.15) is 96.8 Å². The molecule has 0 aliphatic carbocycles. The monoisotopic (exact) mass is 390 g/mol. The summed E-state index contributed by atoms with van der Waals surface area (Å²) in [6.45, 7) is 3.53. The van der Waals surface area contributed by atoms with Crippen LogP contribution in [0, 0.1) is 22.7 Å². The van der Waals surface area contributed by atoms with E-state index in [0.29, 0.717) is 19.6 Å². The van der Waals surface area contributed by atoms with Crippen molar-refractivity contribution >= 4 is 11.8 Å². The van der Waals surface area contributed by atoms with Crippen LogP contribution in [0.4, 0.5) is 0 Å². The van der Waals surface area contributed by atoms with Gasteiger partial charge in [0, 0.05) is 32.5 Å². The molecule has 0 unspecified atom stereocenters. The first kappa shape index (κ1) is 25.9.